The van der Waals surface area contributed by atoms with E-state index in [9.17, 15) is 0 Å². The molecule has 0 spiro atoms. The molecule has 0 saturated carbocycles. The number of ether oxygens (including phenoxy) is 2. The smallest absolute Gasteiger partial charge is 0.206 e. The van der Waals surface area contributed by atoms with Crippen LogP contribution in [0.3, 0.4) is 0 Å². The number of benzene rings is 1. The summed E-state index contributed by atoms with van der Waals surface area (Å²) in [6.45, 7) is 6.42. The molecule has 0 bridgehead atoms. The maximum absolute atomic E-state index is 5.55. The van der Waals surface area contributed by atoms with Gasteiger partial charge in [-0.1, -0.05) is 18.2 Å². The number of methoxy groups -OCH3 is 2. The van der Waals surface area contributed by atoms with E-state index in [0.717, 1.165) is 38.7 Å². The van der Waals surface area contributed by atoms with Crippen LogP contribution in [0.25, 0.3) is 11.3 Å². The summed E-state index contributed by atoms with van der Waals surface area (Å²) in [5.74, 6) is 1.47. The number of hydrogen-bond acceptors (Lipinski definition) is 6. The minimum absolute atomic E-state index is 0.539. The van der Waals surface area contributed by atoms with Crippen LogP contribution in [0.4, 0.5) is 0 Å². The summed E-state index contributed by atoms with van der Waals surface area (Å²) in [4.78, 5) is 9.54. The van der Waals surface area contributed by atoms with Crippen molar-refractivity contribution < 1.29 is 9.47 Å². The van der Waals surface area contributed by atoms with E-state index in [2.05, 4.69) is 21.7 Å². The maximum atomic E-state index is 5.55. The van der Waals surface area contributed by atoms with Gasteiger partial charge in [0.05, 0.1) is 32.7 Å². The molecule has 0 aliphatic heterocycles. The molecule has 3 aromatic rings. The van der Waals surface area contributed by atoms with Gasteiger partial charge in [-0.25, -0.2) is 4.68 Å². The molecule has 7 heteroatoms. The van der Waals surface area contributed by atoms with Gasteiger partial charge in [0, 0.05) is 28.9 Å². The molecule has 2 aromatic heterocycles. The molecular weight excluding hydrogens is 372 g/mol. The first-order valence-corrected chi connectivity index (χ1v) is 9.52. The average molecular weight is 395 g/mol. The molecule has 0 atom stereocenters. The fourth-order valence-corrected chi connectivity index (χ4v) is 3.33. The van der Waals surface area contributed by atoms with E-state index in [1.54, 1.807) is 37.5 Å². The lowest BCUT2D eigenvalue weighted by atomic mass is 10.1. The second kappa shape index (κ2) is 9.14. The minimum atomic E-state index is 0.539. The fourth-order valence-electron chi connectivity index (χ4n) is 2.50. The van der Waals surface area contributed by atoms with Crippen molar-refractivity contribution in [2.75, 3.05) is 20.8 Å². The lowest BCUT2D eigenvalue weighted by molar-refractivity contribution is 0.404. The third kappa shape index (κ3) is 4.55. The van der Waals surface area contributed by atoms with E-state index in [1.165, 1.54) is 11.3 Å². The molecule has 0 saturated heterocycles. The van der Waals surface area contributed by atoms with E-state index in [1.807, 2.05) is 42.6 Å². The van der Waals surface area contributed by atoms with Gasteiger partial charge in [0.2, 0.25) is 4.80 Å². The van der Waals surface area contributed by atoms with Crippen LogP contribution in [-0.2, 0) is 0 Å². The van der Waals surface area contributed by atoms with Gasteiger partial charge in [-0.15, -0.1) is 11.3 Å². The largest absolute Gasteiger partial charge is 0.497 e. The van der Waals surface area contributed by atoms with Gasteiger partial charge in [-0.2, -0.15) is 5.10 Å². The number of pyridine rings is 1. The maximum Gasteiger partial charge on any atom is 0.206 e. The Morgan fingerprint density at radius 3 is 2.82 bits per heavy atom. The fraction of sp³-hybridized carbons (Fsp3) is 0.190. The molecule has 0 fully saturated rings. The van der Waals surface area contributed by atoms with E-state index < -0.39 is 0 Å². The Hall–Kier alpha value is -3.19. The zero-order valence-corrected chi connectivity index (χ0v) is 16.9. The topological polar surface area (TPSA) is 61.0 Å². The van der Waals surface area contributed by atoms with Crippen molar-refractivity contribution in [1.29, 1.82) is 0 Å². The molecule has 2 heterocycles. The SMILES string of the molecule is C=C(C)CN=c1scc(-c2cc(OC)ccc2OC)n1N=Cc1cccnc1. The summed E-state index contributed by atoms with van der Waals surface area (Å²) in [5.41, 5.74) is 3.62. The zero-order valence-electron chi connectivity index (χ0n) is 16.1. The van der Waals surface area contributed by atoms with E-state index in [4.69, 9.17) is 9.47 Å². The van der Waals surface area contributed by atoms with Gasteiger partial charge in [0.25, 0.3) is 0 Å². The average Bonchev–Trinajstić information content (AvgIpc) is 3.13. The molecule has 0 N–H and O–H groups in total. The Balaban J connectivity index is 2.15. The predicted molar refractivity (Wildman–Crippen MR) is 113 cm³/mol. The molecular formula is C21H22N4O2S. The number of nitrogens with zero attached hydrogens (tertiary/aromatic N) is 4. The Morgan fingerprint density at radius 2 is 2.14 bits per heavy atom. The number of aromatic nitrogens is 2. The molecule has 0 amide bonds. The lowest BCUT2D eigenvalue weighted by Gasteiger charge is -2.11. The summed E-state index contributed by atoms with van der Waals surface area (Å²) in [6, 6.07) is 9.49. The Labute approximate surface area is 168 Å². The highest BCUT2D eigenvalue weighted by Crippen LogP contribution is 2.33. The molecule has 0 aliphatic rings. The molecule has 28 heavy (non-hydrogen) atoms. The zero-order chi connectivity index (χ0) is 19.9. The molecule has 0 unspecified atom stereocenters. The van der Waals surface area contributed by atoms with Crippen LogP contribution < -0.4 is 14.3 Å². The number of rotatable bonds is 7. The Bertz CT molecular complexity index is 1050. The lowest BCUT2D eigenvalue weighted by Crippen LogP contribution is -2.13. The van der Waals surface area contributed by atoms with Crippen molar-refractivity contribution >= 4 is 17.6 Å². The first-order chi connectivity index (χ1) is 13.6. The quantitative estimate of drug-likeness (QED) is 0.450. The van der Waals surface area contributed by atoms with Crippen LogP contribution in [0.2, 0.25) is 0 Å². The van der Waals surface area contributed by atoms with Gasteiger partial charge in [-0.3, -0.25) is 9.98 Å². The van der Waals surface area contributed by atoms with Crippen molar-refractivity contribution in [2.45, 2.75) is 6.92 Å². The van der Waals surface area contributed by atoms with Crippen molar-refractivity contribution in [1.82, 2.24) is 9.66 Å². The number of hydrogen-bond donors (Lipinski definition) is 0. The van der Waals surface area contributed by atoms with Gasteiger partial charge in [0.15, 0.2) is 0 Å². The summed E-state index contributed by atoms with van der Waals surface area (Å²) in [6.07, 6.45) is 5.25. The van der Waals surface area contributed by atoms with Crippen LogP contribution in [0.1, 0.15) is 12.5 Å². The second-order valence-corrected chi connectivity index (χ2v) is 6.92. The third-order valence-electron chi connectivity index (χ3n) is 3.86. The third-order valence-corrected chi connectivity index (χ3v) is 4.71. The van der Waals surface area contributed by atoms with Gasteiger partial charge >= 0.3 is 0 Å². The summed E-state index contributed by atoms with van der Waals surface area (Å²) < 4.78 is 12.7. The normalized spacial score (nSPS) is 11.8. The predicted octanol–water partition coefficient (Wildman–Crippen LogP) is 3.99. The van der Waals surface area contributed by atoms with E-state index in [0.29, 0.717) is 6.54 Å². The van der Waals surface area contributed by atoms with Crippen molar-refractivity contribution in [3.63, 3.8) is 0 Å². The number of thiazole rings is 1. The second-order valence-electron chi connectivity index (χ2n) is 6.09. The minimum Gasteiger partial charge on any atom is -0.497 e. The molecule has 3 rings (SSSR count). The summed E-state index contributed by atoms with van der Waals surface area (Å²) in [7, 11) is 3.29. The standard InChI is InChI=1S/C21H22N4O2S/c1-15(2)11-23-21-25(24-13-16-6-5-9-22-12-16)19(14-28-21)18-10-17(26-3)7-8-20(18)27-4/h5-10,12-14H,1,11H2,2-4H3. The first kappa shape index (κ1) is 19.6. The van der Waals surface area contributed by atoms with Crippen molar-refractivity contribution in [3.05, 3.63) is 70.6 Å². The monoisotopic (exact) mass is 394 g/mol. The van der Waals surface area contributed by atoms with Crippen LogP contribution in [0.5, 0.6) is 11.5 Å². The molecule has 144 valence electrons. The molecule has 6 nitrogen and oxygen atoms in total. The van der Waals surface area contributed by atoms with Gasteiger partial charge in [-0.05, 0) is 31.2 Å². The Kier molecular flexibility index (Phi) is 6.39. The van der Waals surface area contributed by atoms with E-state index >= 15 is 0 Å². The Morgan fingerprint density at radius 1 is 1.29 bits per heavy atom. The van der Waals surface area contributed by atoms with Gasteiger partial charge < -0.3 is 9.47 Å². The molecule has 1 aromatic carbocycles. The highest BCUT2D eigenvalue weighted by atomic mass is 32.1. The summed E-state index contributed by atoms with van der Waals surface area (Å²) >= 11 is 1.51. The van der Waals surface area contributed by atoms with Crippen molar-refractivity contribution in [3.8, 4) is 22.8 Å². The molecule has 0 radical (unpaired) electrons. The highest BCUT2D eigenvalue weighted by Gasteiger charge is 2.14. The van der Waals surface area contributed by atoms with Crippen LogP contribution in [0, 0.1) is 0 Å². The van der Waals surface area contributed by atoms with E-state index in [-0.39, 0.29) is 0 Å². The van der Waals surface area contributed by atoms with Crippen LogP contribution >= 0.6 is 11.3 Å². The van der Waals surface area contributed by atoms with Crippen LogP contribution in [0.15, 0.2) is 70.4 Å². The molecule has 0 aliphatic carbocycles. The highest BCUT2D eigenvalue weighted by molar-refractivity contribution is 7.07. The summed E-state index contributed by atoms with van der Waals surface area (Å²) in [5, 5.41) is 6.67. The van der Waals surface area contributed by atoms with Crippen LogP contribution in [-0.4, -0.2) is 36.6 Å². The van der Waals surface area contributed by atoms with Gasteiger partial charge in [0.1, 0.15) is 11.5 Å². The first-order valence-electron chi connectivity index (χ1n) is 8.64. The van der Waals surface area contributed by atoms with Crippen molar-refractivity contribution in [2.24, 2.45) is 10.1 Å².